The number of rotatable bonds is 12. The minimum atomic E-state index is 0.373. The van der Waals surface area contributed by atoms with Gasteiger partial charge in [-0.15, -0.1) is 0 Å². The van der Waals surface area contributed by atoms with Crippen LogP contribution in [0.3, 0.4) is 0 Å². The van der Waals surface area contributed by atoms with Crippen LogP contribution in [0.25, 0.3) is 0 Å². The lowest BCUT2D eigenvalue weighted by molar-refractivity contribution is 0.213. The molecule has 112 valence electrons. The summed E-state index contributed by atoms with van der Waals surface area (Å²) >= 11 is 0. The first-order valence-corrected chi connectivity index (χ1v) is 8.56. The molecule has 2 heteroatoms. The Bertz CT molecular complexity index is 237. The molecule has 0 aromatic rings. The first-order valence-electron chi connectivity index (χ1n) is 8.56. The smallest absolute Gasteiger partial charge is 0.183 e. The maximum absolute atomic E-state index is 5.74. The average Bonchev–Trinajstić information content (AvgIpc) is 2.89. The Kier molecular flexibility index (Phi) is 9.84. The molecular weight excluding hydrogens is 234 g/mol. The summed E-state index contributed by atoms with van der Waals surface area (Å²) in [6, 6.07) is 0. The van der Waals surface area contributed by atoms with Crippen LogP contribution in [-0.4, -0.2) is 18.5 Å². The van der Waals surface area contributed by atoms with Gasteiger partial charge in [0.15, 0.2) is 5.90 Å². The lowest BCUT2D eigenvalue weighted by atomic mass is 10.1. The summed E-state index contributed by atoms with van der Waals surface area (Å²) in [5.41, 5.74) is 0. The molecule has 0 aromatic carbocycles. The van der Waals surface area contributed by atoms with Crippen molar-refractivity contribution < 1.29 is 4.74 Å². The maximum Gasteiger partial charge on any atom is 0.183 e. The van der Waals surface area contributed by atoms with E-state index >= 15 is 0 Å². The monoisotopic (exact) mass is 267 g/mol. The highest BCUT2D eigenvalue weighted by molar-refractivity contribution is 5.77. The third-order valence-electron chi connectivity index (χ3n) is 3.97. The Morgan fingerprint density at radius 3 is 2.00 bits per heavy atom. The summed E-state index contributed by atoms with van der Waals surface area (Å²) in [7, 11) is 0. The second kappa shape index (κ2) is 11.3. The average molecular weight is 267 g/mol. The van der Waals surface area contributed by atoms with Crippen LogP contribution >= 0.6 is 0 Å². The van der Waals surface area contributed by atoms with Crippen LogP contribution in [0.2, 0.25) is 0 Å². The Morgan fingerprint density at radius 1 is 0.895 bits per heavy atom. The molecule has 0 aromatic heterocycles. The standard InChI is InChI=1S/C17H33NO/c1-3-5-6-7-8-9-10-11-12-13-14-17-18-15-16(4-2)19-17/h16H,3-15H2,1-2H3. The van der Waals surface area contributed by atoms with Gasteiger partial charge in [-0.05, 0) is 12.8 Å². The number of unbranched alkanes of at least 4 members (excludes halogenated alkanes) is 9. The number of ether oxygens (including phenoxy) is 1. The molecule has 0 aliphatic carbocycles. The Labute approximate surface area is 120 Å². The number of nitrogens with zero attached hydrogens (tertiary/aromatic N) is 1. The minimum absolute atomic E-state index is 0.373. The lowest BCUT2D eigenvalue weighted by Crippen LogP contribution is -2.11. The van der Waals surface area contributed by atoms with E-state index in [2.05, 4.69) is 18.8 Å². The summed E-state index contributed by atoms with van der Waals surface area (Å²) in [5.74, 6) is 1.02. The van der Waals surface area contributed by atoms with E-state index in [1.165, 1.54) is 64.2 Å². The molecule has 0 spiro atoms. The normalized spacial score (nSPS) is 18.4. The third-order valence-corrected chi connectivity index (χ3v) is 3.97. The zero-order chi connectivity index (χ0) is 13.8. The minimum Gasteiger partial charge on any atom is -0.476 e. The van der Waals surface area contributed by atoms with Crippen molar-refractivity contribution in [2.24, 2.45) is 4.99 Å². The molecule has 0 N–H and O–H groups in total. The highest BCUT2D eigenvalue weighted by atomic mass is 16.5. The van der Waals surface area contributed by atoms with Gasteiger partial charge in [0, 0.05) is 6.42 Å². The van der Waals surface area contributed by atoms with Crippen molar-refractivity contribution in [1.29, 1.82) is 0 Å². The van der Waals surface area contributed by atoms with E-state index in [-0.39, 0.29) is 0 Å². The molecule has 1 aliphatic rings. The van der Waals surface area contributed by atoms with Gasteiger partial charge >= 0.3 is 0 Å². The van der Waals surface area contributed by atoms with Crippen molar-refractivity contribution in [2.75, 3.05) is 6.54 Å². The molecular formula is C17H33NO. The fraction of sp³-hybridized carbons (Fsp3) is 0.941. The zero-order valence-electron chi connectivity index (χ0n) is 13.1. The van der Waals surface area contributed by atoms with Crippen molar-refractivity contribution in [3.8, 4) is 0 Å². The van der Waals surface area contributed by atoms with E-state index in [0.29, 0.717) is 6.10 Å². The topological polar surface area (TPSA) is 21.6 Å². The molecule has 1 rings (SSSR count). The van der Waals surface area contributed by atoms with Crippen molar-refractivity contribution in [1.82, 2.24) is 0 Å². The van der Waals surface area contributed by atoms with E-state index in [1.807, 2.05) is 0 Å². The molecule has 19 heavy (non-hydrogen) atoms. The largest absolute Gasteiger partial charge is 0.476 e. The first kappa shape index (κ1) is 16.5. The van der Waals surface area contributed by atoms with Gasteiger partial charge in [-0.2, -0.15) is 0 Å². The highest BCUT2D eigenvalue weighted by Gasteiger charge is 2.16. The quantitative estimate of drug-likeness (QED) is 0.427. The van der Waals surface area contributed by atoms with Crippen LogP contribution < -0.4 is 0 Å². The molecule has 2 nitrogen and oxygen atoms in total. The van der Waals surface area contributed by atoms with Crippen LogP contribution in [0.4, 0.5) is 0 Å². The Balaban J connectivity index is 1.79. The summed E-state index contributed by atoms with van der Waals surface area (Å²) in [6.45, 7) is 5.34. The van der Waals surface area contributed by atoms with Gasteiger partial charge in [0.1, 0.15) is 6.10 Å². The molecule has 1 aliphatic heterocycles. The number of hydrogen-bond donors (Lipinski definition) is 0. The molecule has 0 saturated heterocycles. The van der Waals surface area contributed by atoms with Gasteiger partial charge in [0.2, 0.25) is 0 Å². The van der Waals surface area contributed by atoms with Gasteiger partial charge in [-0.1, -0.05) is 71.6 Å². The highest BCUT2D eigenvalue weighted by Crippen LogP contribution is 2.15. The van der Waals surface area contributed by atoms with Gasteiger partial charge in [-0.25, -0.2) is 0 Å². The molecule has 0 saturated carbocycles. The van der Waals surface area contributed by atoms with E-state index in [0.717, 1.165) is 25.3 Å². The van der Waals surface area contributed by atoms with E-state index in [1.54, 1.807) is 0 Å². The molecule has 1 atom stereocenters. The molecule has 1 heterocycles. The third kappa shape index (κ3) is 8.28. The summed E-state index contributed by atoms with van der Waals surface area (Å²) in [5, 5.41) is 0. The van der Waals surface area contributed by atoms with Crippen LogP contribution in [0, 0.1) is 0 Å². The summed E-state index contributed by atoms with van der Waals surface area (Å²) in [6.07, 6.45) is 16.4. The molecule has 1 unspecified atom stereocenters. The molecule has 0 amide bonds. The molecule has 0 fully saturated rings. The lowest BCUT2D eigenvalue weighted by Gasteiger charge is -2.08. The van der Waals surface area contributed by atoms with Crippen molar-refractivity contribution in [3.63, 3.8) is 0 Å². The predicted molar refractivity (Wildman–Crippen MR) is 83.9 cm³/mol. The first-order chi connectivity index (χ1) is 9.36. The Morgan fingerprint density at radius 2 is 1.47 bits per heavy atom. The van der Waals surface area contributed by atoms with Gasteiger partial charge in [0.25, 0.3) is 0 Å². The van der Waals surface area contributed by atoms with Crippen molar-refractivity contribution >= 4 is 5.90 Å². The SMILES string of the molecule is CCCCCCCCCCCCC1=NCC(CC)O1. The number of aliphatic imine (C=N–C) groups is 1. The van der Waals surface area contributed by atoms with E-state index < -0.39 is 0 Å². The summed E-state index contributed by atoms with van der Waals surface area (Å²) in [4.78, 5) is 4.46. The van der Waals surface area contributed by atoms with Crippen molar-refractivity contribution in [3.05, 3.63) is 0 Å². The zero-order valence-corrected chi connectivity index (χ0v) is 13.1. The van der Waals surface area contributed by atoms with Gasteiger partial charge in [-0.3, -0.25) is 4.99 Å². The van der Waals surface area contributed by atoms with E-state index in [9.17, 15) is 0 Å². The number of hydrogen-bond acceptors (Lipinski definition) is 2. The van der Waals surface area contributed by atoms with Gasteiger partial charge < -0.3 is 4.74 Å². The Hall–Kier alpha value is -0.530. The van der Waals surface area contributed by atoms with Crippen LogP contribution in [0.1, 0.15) is 90.9 Å². The predicted octanol–water partition coefficient (Wildman–Crippen LogP) is 5.50. The fourth-order valence-electron chi connectivity index (χ4n) is 2.58. The van der Waals surface area contributed by atoms with Crippen LogP contribution in [0.5, 0.6) is 0 Å². The molecule has 0 bridgehead atoms. The van der Waals surface area contributed by atoms with E-state index in [4.69, 9.17) is 4.74 Å². The van der Waals surface area contributed by atoms with Crippen LogP contribution in [0.15, 0.2) is 4.99 Å². The summed E-state index contributed by atoms with van der Waals surface area (Å²) < 4.78 is 5.74. The second-order valence-corrected chi connectivity index (χ2v) is 5.81. The van der Waals surface area contributed by atoms with Crippen molar-refractivity contribution in [2.45, 2.75) is 97.0 Å². The fourth-order valence-corrected chi connectivity index (χ4v) is 2.58. The van der Waals surface area contributed by atoms with Gasteiger partial charge in [0.05, 0.1) is 6.54 Å². The van der Waals surface area contributed by atoms with Crippen LogP contribution in [-0.2, 0) is 4.74 Å². The maximum atomic E-state index is 5.74. The second-order valence-electron chi connectivity index (χ2n) is 5.81. The molecule has 0 radical (unpaired) electrons.